The molecule has 1 heterocycles. The molecule has 0 radical (unpaired) electrons. The Bertz CT molecular complexity index is 314. The summed E-state index contributed by atoms with van der Waals surface area (Å²) < 4.78 is 28.4. The molecule has 0 saturated carbocycles. The SMILES string of the molecule is CCS(=O)(=O)CCNC1CCOC(C(C)C)C1. The van der Waals surface area contributed by atoms with Gasteiger partial charge < -0.3 is 10.1 Å². The summed E-state index contributed by atoms with van der Waals surface area (Å²) >= 11 is 0. The Morgan fingerprint density at radius 1 is 1.41 bits per heavy atom. The Morgan fingerprint density at radius 2 is 2.12 bits per heavy atom. The lowest BCUT2D eigenvalue weighted by Crippen LogP contribution is -2.42. The minimum atomic E-state index is -2.84. The zero-order valence-corrected chi connectivity index (χ0v) is 11.9. The van der Waals surface area contributed by atoms with Crippen LogP contribution in [0, 0.1) is 5.92 Å². The lowest BCUT2D eigenvalue weighted by molar-refractivity contribution is -0.0240. The average Bonchev–Trinajstić information content (AvgIpc) is 2.29. The van der Waals surface area contributed by atoms with E-state index in [1.54, 1.807) is 6.92 Å². The van der Waals surface area contributed by atoms with Crippen molar-refractivity contribution in [1.29, 1.82) is 0 Å². The summed E-state index contributed by atoms with van der Waals surface area (Å²) in [4.78, 5) is 0. The van der Waals surface area contributed by atoms with E-state index in [-0.39, 0.29) is 11.5 Å². The van der Waals surface area contributed by atoms with Gasteiger partial charge in [-0.05, 0) is 18.8 Å². The molecule has 0 spiro atoms. The molecule has 102 valence electrons. The third-order valence-electron chi connectivity index (χ3n) is 3.34. The number of sulfone groups is 1. The van der Waals surface area contributed by atoms with Gasteiger partial charge in [0, 0.05) is 24.9 Å². The molecule has 0 aromatic heterocycles. The van der Waals surface area contributed by atoms with Crippen molar-refractivity contribution in [3.8, 4) is 0 Å². The highest BCUT2D eigenvalue weighted by molar-refractivity contribution is 7.91. The molecule has 1 N–H and O–H groups in total. The van der Waals surface area contributed by atoms with Crippen LogP contribution in [-0.4, -0.2) is 45.2 Å². The highest BCUT2D eigenvalue weighted by Crippen LogP contribution is 2.19. The Labute approximate surface area is 105 Å². The Morgan fingerprint density at radius 3 is 2.71 bits per heavy atom. The van der Waals surface area contributed by atoms with Gasteiger partial charge >= 0.3 is 0 Å². The summed E-state index contributed by atoms with van der Waals surface area (Å²) in [6.07, 6.45) is 2.28. The summed E-state index contributed by atoms with van der Waals surface area (Å²) in [5.74, 6) is 1.00. The summed E-state index contributed by atoms with van der Waals surface area (Å²) in [7, 11) is -2.84. The van der Waals surface area contributed by atoms with Crippen LogP contribution in [0.1, 0.15) is 33.6 Å². The molecule has 1 fully saturated rings. The second-order valence-electron chi connectivity index (χ2n) is 5.07. The minimum Gasteiger partial charge on any atom is -0.378 e. The molecular formula is C12H25NO3S. The van der Waals surface area contributed by atoms with Crippen LogP contribution in [0.15, 0.2) is 0 Å². The van der Waals surface area contributed by atoms with Crippen molar-refractivity contribution in [2.24, 2.45) is 5.92 Å². The summed E-state index contributed by atoms with van der Waals surface area (Å²) in [6.45, 7) is 7.36. The first-order valence-electron chi connectivity index (χ1n) is 6.50. The normalized spacial score (nSPS) is 26.4. The summed E-state index contributed by atoms with van der Waals surface area (Å²) in [5.41, 5.74) is 0. The molecule has 17 heavy (non-hydrogen) atoms. The first-order valence-corrected chi connectivity index (χ1v) is 8.32. The van der Waals surface area contributed by atoms with Crippen LogP contribution in [0.2, 0.25) is 0 Å². The minimum absolute atomic E-state index is 0.233. The zero-order chi connectivity index (χ0) is 12.9. The molecule has 1 saturated heterocycles. The van der Waals surface area contributed by atoms with Gasteiger partial charge in [0.15, 0.2) is 9.84 Å². The van der Waals surface area contributed by atoms with Gasteiger partial charge in [0.25, 0.3) is 0 Å². The Balaban J connectivity index is 2.28. The molecule has 4 nitrogen and oxygen atoms in total. The number of hydrogen-bond donors (Lipinski definition) is 1. The van der Waals surface area contributed by atoms with Crippen molar-refractivity contribution >= 4 is 9.84 Å². The predicted molar refractivity (Wildman–Crippen MR) is 69.9 cm³/mol. The van der Waals surface area contributed by atoms with Crippen LogP contribution in [0.5, 0.6) is 0 Å². The van der Waals surface area contributed by atoms with Gasteiger partial charge in [0.1, 0.15) is 0 Å². The van der Waals surface area contributed by atoms with Gasteiger partial charge in [-0.15, -0.1) is 0 Å². The maximum Gasteiger partial charge on any atom is 0.151 e. The standard InChI is InChI=1S/C12H25NO3S/c1-4-17(14,15)8-6-13-11-5-7-16-12(9-11)10(2)3/h10-13H,4-9H2,1-3H3. The summed E-state index contributed by atoms with van der Waals surface area (Å²) in [5, 5.41) is 3.34. The van der Waals surface area contributed by atoms with Gasteiger partial charge in [-0.3, -0.25) is 0 Å². The molecular weight excluding hydrogens is 238 g/mol. The van der Waals surface area contributed by atoms with E-state index in [9.17, 15) is 8.42 Å². The van der Waals surface area contributed by atoms with E-state index in [2.05, 4.69) is 19.2 Å². The molecule has 0 aromatic rings. The molecule has 1 rings (SSSR count). The first-order chi connectivity index (χ1) is 7.94. The molecule has 1 aliphatic heterocycles. The van der Waals surface area contributed by atoms with Gasteiger partial charge in [0.05, 0.1) is 11.9 Å². The van der Waals surface area contributed by atoms with Crippen LogP contribution in [0.25, 0.3) is 0 Å². The number of hydrogen-bond acceptors (Lipinski definition) is 4. The van der Waals surface area contributed by atoms with Gasteiger partial charge in [0.2, 0.25) is 0 Å². The van der Waals surface area contributed by atoms with Gasteiger partial charge in [-0.25, -0.2) is 8.42 Å². The third-order valence-corrected chi connectivity index (χ3v) is 5.05. The largest absolute Gasteiger partial charge is 0.378 e. The highest BCUT2D eigenvalue weighted by Gasteiger charge is 2.24. The summed E-state index contributed by atoms with van der Waals surface area (Å²) in [6, 6.07) is 0.406. The smallest absolute Gasteiger partial charge is 0.151 e. The van der Waals surface area contributed by atoms with E-state index in [0.717, 1.165) is 19.4 Å². The third kappa shape index (κ3) is 5.36. The maximum atomic E-state index is 11.3. The van der Waals surface area contributed by atoms with Crippen molar-refractivity contribution in [1.82, 2.24) is 5.32 Å². The molecule has 5 heteroatoms. The van der Waals surface area contributed by atoms with Gasteiger partial charge in [-0.2, -0.15) is 0 Å². The molecule has 0 bridgehead atoms. The topological polar surface area (TPSA) is 55.4 Å². The monoisotopic (exact) mass is 263 g/mol. The number of ether oxygens (including phenoxy) is 1. The quantitative estimate of drug-likeness (QED) is 0.783. The molecule has 0 aliphatic carbocycles. The van der Waals surface area contributed by atoms with Crippen LogP contribution in [-0.2, 0) is 14.6 Å². The van der Waals surface area contributed by atoms with E-state index in [0.29, 0.717) is 24.6 Å². The first kappa shape index (κ1) is 14.9. The maximum absolute atomic E-state index is 11.3. The molecule has 2 unspecified atom stereocenters. The van der Waals surface area contributed by atoms with E-state index in [1.165, 1.54) is 0 Å². The van der Waals surface area contributed by atoms with Crippen LogP contribution in [0.3, 0.4) is 0 Å². The van der Waals surface area contributed by atoms with Crippen molar-refractivity contribution < 1.29 is 13.2 Å². The average molecular weight is 263 g/mol. The van der Waals surface area contributed by atoms with E-state index < -0.39 is 9.84 Å². The number of nitrogens with one attached hydrogen (secondary N) is 1. The fourth-order valence-corrected chi connectivity index (χ4v) is 2.76. The molecule has 0 amide bonds. The second kappa shape index (κ2) is 6.71. The van der Waals surface area contributed by atoms with Crippen molar-refractivity contribution in [3.05, 3.63) is 0 Å². The van der Waals surface area contributed by atoms with Crippen molar-refractivity contribution in [2.75, 3.05) is 24.7 Å². The van der Waals surface area contributed by atoms with Crippen molar-refractivity contribution in [3.63, 3.8) is 0 Å². The van der Waals surface area contributed by atoms with E-state index in [4.69, 9.17) is 4.74 Å². The predicted octanol–water partition coefficient (Wildman–Crippen LogP) is 1.21. The zero-order valence-electron chi connectivity index (χ0n) is 11.1. The Hall–Kier alpha value is -0.130. The van der Waals surface area contributed by atoms with Crippen LogP contribution in [0.4, 0.5) is 0 Å². The fraction of sp³-hybridized carbons (Fsp3) is 1.00. The molecule has 2 atom stereocenters. The lowest BCUT2D eigenvalue weighted by Gasteiger charge is -2.32. The van der Waals surface area contributed by atoms with Crippen LogP contribution >= 0.6 is 0 Å². The van der Waals surface area contributed by atoms with Crippen molar-refractivity contribution in [2.45, 2.75) is 45.8 Å². The van der Waals surface area contributed by atoms with Gasteiger partial charge in [-0.1, -0.05) is 20.8 Å². The second-order valence-corrected chi connectivity index (χ2v) is 7.54. The number of rotatable bonds is 6. The fourth-order valence-electron chi connectivity index (χ4n) is 2.04. The van der Waals surface area contributed by atoms with E-state index in [1.807, 2.05) is 0 Å². The Kier molecular flexibility index (Phi) is 5.89. The molecule has 1 aliphatic rings. The van der Waals surface area contributed by atoms with Crippen LogP contribution < -0.4 is 5.32 Å². The molecule has 0 aromatic carbocycles. The highest BCUT2D eigenvalue weighted by atomic mass is 32.2. The van der Waals surface area contributed by atoms with E-state index >= 15 is 0 Å². The lowest BCUT2D eigenvalue weighted by atomic mass is 9.95.